The highest BCUT2D eigenvalue weighted by Gasteiger charge is 2.10. The molecule has 0 heteroatoms. The summed E-state index contributed by atoms with van der Waals surface area (Å²) in [5.41, 5.74) is 5.44. The van der Waals surface area contributed by atoms with Crippen LogP contribution in [0.5, 0.6) is 0 Å². The highest BCUT2D eigenvalue weighted by Crippen LogP contribution is 2.31. The molecule has 0 aliphatic heterocycles. The van der Waals surface area contributed by atoms with Crippen LogP contribution in [0.2, 0.25) is 0 Å². The zero-order valence-corrected chi connectivity index (χ0v) is 11.6. The second-order valence-corrected chi connectivity index (χ2v) is 4.62. The van der Waals surface area contributed by atoms with E-state index in [0.717, 1.165) is 0 Å². The van der Waals surface area contributed by atoms with Gasteiger partial charge in [0, 0.05) is 0 Å². The van der Waals surface area contributed by atoms with Crippen molar-refractivity contribution in [2.24, 2.45) is 0 Å². The van der Waals surface area contributed by atoms with Crippen LogP contribution in [-0.4, -0.2) is 0 Å². The Kier molecular flexibility index (Phi) is 3.66. The molecular weight excluding hydrogens is 216 g/mol. The van der Waals surface area contributed by atoms with Crippen LogP contribution < -0.4 is 0 Å². The monoisotopic (exact) mass is 236 g/mol. The predicted octanol–water partition coefficient (Wildman–Crippen LogP) is 5.52. The molecule has 0 saturated carbocycles. The van der Waals surface area contributed by atoms with E-state index in [9.17, 15) is 0 Å². The molecule has 0 atom stereocenters. The topological polar surface area (TPSA) is 0 Å². The first kappa shape index (κ1) is 12.6. The summed E-state index contributed by atoms with van der Waals surface area (Å²) in [6.07, 6.45) is 8.65. The third-order valence-electron chi connectivity index (χ3n) is 3.54. The molecule has 0 spiro atoms. The lowest BCUT2D eigenvalue weighted by atomic mass is 9.90. The molecule has 0 aliphatic rings. The van der Waals surface area contributed by atoms with Gasteiger partial charge in [0.1, 0.15) is 0 Å². The number of rotatable bonds is 2. The number of fused-ring (bicyclic) bond motifs is 1. The van der Waals surface area contributed by atoms with E-state index in [1.165, 1.54) is 33.0 Å². The van der Waals surface area contributed by atoms with Crippen molar-refractivity contribution in [3.05, 3.63) is 58.7 Å². The molecule has 0 unspecified atom stereocenters. The summed E-state index contributed by atoms with van der Waals surface area (Å²) in [6, 6.07) is 8.65. The Morgan fingerprint density at radius 1 is 0.722 bits per heavy atom. The Labute approximate surface area is 110 Å². The van der Waals surface area contributed by atoms with Gasteiger partial charge >= 0.3 is 0 Å². The number of allylic oxidation sites excluding steroid dienone is 2. The van der Waals surface area contributed by atoms with Crippen LogP contribution in [0.15, 0.2) is 36.4 Å². The molecule has 0 heterocycles. The summed E-state index contributed by atoms with van der Waals surface area (Å²) in [5.74, 6) is 0. The second-order valence-electron chi connectivity index (χ2n) is 4.62. The van der Waals surface area contributed by atoms with E-state index in [0.29, 0.717) is 0 Å². The number of hydrogen-bond acceptors (Lipinski definition) is 0. The molecule has 0 nitrogen and oxygen atoms in total. The molecule has 0 amide bonds. The zero-order chi connectivity index (χ0) is 13.1. The minimum atomic E-state index is 1.34. The lowest BCUT2D eigenvalue weighted by molar-refractivity contribution is 1.33. The highest BCUT2D eigenvalue weighted by atomic mass is 14.1. The maximum absolute atomic E-state index is 2.21. The SMILES string of the molecule is CC=Cc1c(C)c(C)c(C=CC)c2ccccc12. The van der Waals surface area contributed by atoms with Crippen LogP contribution in [0.25, 0.3) is 22.9 Å². The van der Waals surface area contributed by atoms with E-state index < -0.39 is 0 Å². The first-order valence-corrected chi connectivity index (χ1v) is 6.48. The summed E-state index contributed by atoms with van der Waals surface area (Å²) in [7, 11) is 0. The standard InChI is InChI=1S/C18H20/c1-5-9-15-13(3)14(4)16(10-6-2)18-12-8-7-11-17(15)18/h5-12H,1-4H3. The van der Waals surface area contributed by atoms with E-state index in [1.54, 1.807) is 0 Å². The van der Waals surface area contributed by atoms with Crippen LogP contribution in [0.3, 0.4) is 0 Å². The molecule has 0 radical (unpaired) electrons. The van der Waals surface area contributed by atoms with Crippen molar-refractivity contribution in [2.45, 2.75) is 27.7 Å². The summed E-state index contributed by atoms with van der Waals surface area (Å²) in [4.78, 5) is 0. The summed E-state index contributed by atoms with van der Waals surface area (Å²) >= 11 is 0. The van der Waals surface area contributed by atoms with Crippen molar-refractivity contribution in [1.82, 2.24) is 0 Å². The molecule has 0 fully saturated rings. The zero-order valence-electron chi connectivity index (χ0n) is 11.6. The molecule has 2 rings (SSSR count). The van der Waals surface area contributed by atoms with Crippen LogP contribution in [0.4, 0.5) is 0 Å². The Morgan fingerprint density at radius 2 is 1.11 bits per heavy atom. The van der Waals surface area contributed by atoms with E-state index in [4.69, 9.17) is 0 Å². The Balaban J connectivity index is 2.96. The van der Waals surface area contributed by atoms with E-state index in [1.807, 2.05) is 0 Å². The lowest BCUT2D eigenvalue weighted by Gasteiger charge is -2.14. The van der Waals surface area contributed by atoms with Gasteiger partial charge in [0.15, 0.2) is 0 Å². The van der Waals surface area contributed by atoms with Crippen molar-refractivity contribution in [3.63, 3.8) is 0 Å². The molecule has 0 saturated heterocycles. The fourth-order valence-electron chi connectivity index (χ4n) is 2.52. The van der Waals surface area contributed by atoms with Crippen molar-refractivity contribution in [1.29, 1.82) is 0 Å². The first-order valence-electron chi connectivity index (χ1n) is 6.48. The summed E-state index contributed by atoms with van der Waals surface area (Å²) in [5, 5.41) is 2.68. The summed E-state index contributed by atoms with van der Waals surface area (Å²) in [6.45, 7) is 8.57. The maximum atomic E-state index is 2.21. The Morgan fingerprint density at radius 3 is 1.44 bits per heavy atom. The van der Waals surface area contributed by atoms with Crippen LogP contribution in [0.1, 0.15) is 36.1 Å². The number of benzene rings is 2. The van der Waals surface area contributed by atoms with Gasteiger partial charge in [-0.05, 0) is 60.7 Å². The quantitative estimate of drug-likeness (QED) is 0.643. The van der Waals surface area contributed by atoms with Crippen molar-refractivity contribution >= 4 is 22.9 Å². The van der Waals surface area contributed by atoms with Crippen molar-refractivity contribution in [3.8, 4) is 0 Å². The van der Waals surface area contributed by atoms with Gasteiger partial charge in [-0.25, -0.2) is 0 Å². The van der Waals surface area contributed by atoms with Gasteiger partial charge in [0.2, 0.25) is 0 Å². The first-order chi connectivity index (χ1) is 8.70. The fraction of sp³-hybridized carbons (Fsp3) is 0.222. The molecular formula is C18H20. The van der Waals surface area contributed by atoms with E-state index in [2.05, 4.69) is 76.3 Å². The molecule has 18 heavy (non-hydrogen) atoms. The smallest absolute Gasteiger partial charge is 0.0103 e. The minimum absolute atomic E-state index is 1.34. The van der Waals surface area contributed by atoms with Crippen LogP contribution in [0, 0.1) is 13.8 Å². The average Bonchev–Trinajstić information content (AvgIpc) is 2.40. The van der Waals surface area contributed by atoms with Crippen molar-refractivity contribution < 1.29 is 0 Å². The highest BCUT2D eigenvalue weighted by molar-refractivity contribution is 5.98. The van der Waals surface area contributed by atoms with Gasteiger partial charge in [0.25, 0.3) is 0 Å². The molecule has 92 valence electrons. The summed E-state index contributed by atoms with van der Waals surface area (Å²) < 4.78 is 0. The Bertz CT molecular complexity index is 572. The van der Waals surface area contributed by atoms with Crippen molar-refractivity contribution in [2.75, 3.05) is 0 Å². The largest absolute Gasteiger partial charge is 0.0870 e. The lowest BCUT2D eigenvalue weighted by Crippen LogP contribution is -1.94. The average molecular weight is 236 g/mol. The minimum Gasteiger partial charge on any atom is -0.0870 e. The van der Waals surface area contributed by atoms with Crippen LogP contribution in [-0.2, 0) is 0 Å². The van der Waals surface area contributed by atoms with Gasteiger partial charge in [-0.1, -0.05) is 48.6 Å². The Hall–Kier alpha value is -1.82. The third-order valence-corrected chi connectivity index (χ3v) is 3.54. The maximum Gasteiger partial charge on any atom is -0.0103 e. The molecule has 2 aromatic rings. The van der Waals surface area contributed by atoms with E-state index >= 15 is 0 Å². The van der Waals surface area contributed by atoms with E-state index in [-0.39, 0.29) is 0 Å². The van der Waals surface area contributed by atoms with Gasteiger partial charge in [-0.15, -0.1) is 0 Å². The molecule has 2 aromatic carbocycles. The van der Waals surface area contributed by atoms with Gasteiger partial charge < -0.3 is 0 Å². The predicted molar refractivity (Wildman–Crippen MR) is 82.8 cm³/mol. The number of hydrogen-bond donors (Lipinski definition) is 0. The molecule has 0 bridgehead atoms. The fourth-order valence-corrected chi connectivity index (χ4v) is 2.52. The third kappa shape index (κ3) is 1.99. The normalized spacial score (nSPS) is 12.0. The van der Waals surface area contributed by atoms with Gasteiger partial charge in [0.05, 0.1) is 0 Å². The van der Waals surface area contributed by atoms with Gasteiger partial charge in [-0.3, -0.25) is 0 Å². The molecule has 0 aliphatic carbocycles. The molecule has 0 aromatic heterocycles. The second kappa shape index (κ2) is 5.22. The van der Waals surface area contributed by atoms with Gasteiger partial charge in [-0.2, -0.15) is 0 Å². The van der Waals surface area contributed by atoms with Crippen LogP contribution >= 0.6 is 0 Å². The molecule has 0 N–H and O–H groups in total.